The molecule has 1 heterocycles. The molecule has 1 fully saturated rings. The van der Waals surface area contributed by atoms with Gasteiger partial charge in [-0.3, -0.25) is 4.79 Å². The molecule has 2 rings (SSSR count). The van der Waals surface area contributed by atoms with Crippen molar-refractivity contribution < 1.29 is 4.79 Å². The zero-order chi connectivity index (χ0) is 12.3. The van der Waals surface area contributed by atoms with E-state index >= 15 is 0 Å². The molecule has 3 nitrogen and oxygen atoms in total. The van der Waals surface area contributed by atoms with E-state index in [4.69, 9.17) is 0 Å². The molecule has 1 aromatic rings. The smallest absolute Gasteiger partial charge is 0.236 e. The quantitative estimate of drug-likeness (QED) is 0.840. The average molecular weight is 252 g/mol. The van der Waals surface area contributed by atoms with Gasteiger partial charge in [-0.05, 0) is 44.4 Å². The number of carbonyl (C=O) groups is 1. The van der Waals surface area contributed by atoms with Crippen LogP contribution in [0.1, 0.15) is 22.6 Å². The van der Waals surface area contributed by atoms with Crippen molar-refractivity contribution in [2.75, 3.05) is 20.1 Å². The van der Waals surface area contributed by atoms with Crippen LogP contribution in [0, 0.1) is 12.8 Å². The van der Waals surface area contributed by atoms with Crippen molar-refractivity contribution in [3.8, 4) is 0 Å². The lowest BCUT2D eigenvalue weighted by Crippen LogP contribution is -2.35. The van der Waals surface area contributed by atoms with Crippen LogP contribution in [0.25, 0.3) is 0 Å². The van der Waals surface area contributed by atoms with Crippen LogP contribution in [0.3, 0.4) is 0 Å². The summed E-state index contributed by atoms with van der Waals surface area (Å²) >= 11 is 1.76. The van der Waals surface area contributed by atoms with Crippen molar-refractivity contribution in [3.63, 3.8) is 0 Å². The number of nitrogens with zero attached hydrogens (tertiary/aromatic N) is 1. The monoisotopic (exact) mass is 252 g/mol. The number of amides is 1. The van der Waals surface area contributed by atoms with Crippen molar-refractivity contribution in [2.45, 2.75) is 26.3 Å². The zero-order valence-corrected chi connectivity index (χ0v) is 11.3. The number of likely N-dealkylation sites (N-methyl/N-ethyl adjacent to an activating group) is 1. The molecule has 1 aromatic heterocycles. The Labute approximate surface area is 107 Å². The summed E-state index contributed by atoms with van der Waals surface area (Å²) in [7, 11) is 1.87. The van der Waals surface area contributed by atoms with Gasteiger partial charge in [-0.15, -0.1) is 11.3 Å². The molecule has 0 aliphatic heterocycles. The van der Waals surface area contributed by atoms with Crippen molar-refractivity contribution in [1.29, 1.82) is 0 Å². The molecular weight excluding hydrogens is 232 g/mol. The third kappa shape index (κ3) is 4.13. The number of carbonyl (C=O) groups excluding carboxylic acids is 1. The maximum absolute atomic E-state index is 11.8. The van der Waals surface area contributed by atoms with E-state index < -0.39 is 0 Å². The second kappa shape index (κ2) is 5.65. The highest BCUT2D eigenvalue weighted by Gasteiger charge is 2.21. The highest BCUT2D eigenvalue weighted by Crippen LogP contribution is 2.27. The predicted molar refractivity (Wildman–Crippen MR) is 71.1 cm³/mol. The van der Waals surface area contributed by atoms with Gasteiger partial charge in [0.2, 0.25) is 5.91 Å². The van der Waals surface area contributed by atoms with Crippen molar-refractivity contribution in [2.24, 2.45) is 5.92 Å². The SMILES string of the molecule is Cc1ccc(CN(C)C(=O)CNCC2CC2)s1. The number of aryl methyl sites for hydroxylation is 1. The van der Waals surface area contributed by atoms with Crippen LogP contribution in [0.15, 0.2) is 12.1 Å². The lowest BCUT2D eigenvalue weighted by Gasteiger charge is -2.16. The molecular formula is C13H20N2OS. The molecule has 1 aliphatic carbocycles. The second-order valence-corrected chi connectivity index (χ2v) is 6.21. The normalized spacial score (nSPS) is 14.9. The number of hydrogen-bond donors (Lipinski definition) is 1. The first kappa shape index (κ1) is 12.6. The molecule has 4 heteroatoms. The van der Waals surface area contributed by atoms with Gasteiger partial charge >= 0.3 is 0 Å². The minimum Gasteiger partial charge on any atom is -0.340 e. The maximum Gasteiger partial charge on any atom is 0.236 e. The zero-order valence-electron chi connectivity index (χ0n) is 10.5. The van der Waals surface area contributed by atoms with Gasteiger partial charge in [0.15, 0.2) is 0 Å². The number of nitrogens with one attached hydrogen (secondary N) is 1. The molecule has 0 spiro atoms. The predicted octanol–water partition coefficient (Wildman–Crippen LogP) is 2.01. The van der Waals surface area contributed by atoms with Gasteiger partial charge in [0.1, 0.15) is 0 Å². The Morgan fingerprint density at radius 1 is 1.53 bits per heavy atom. The summed E-state index contributed by atoms with van der Waals surface area (Å²) < 4.78 is 0. The van der Waals surface area contributed by atoms with Crippen LogP contribution < -0.4 is 5.32 Å². The van der Waals surface area contributed by atoms with E-state index in [0.29, 0.717) is 6.54 Å². The highest BCUT2D eigenvalue weighted by molar-refractivity contribution is 7.11. The molecule has 94 valence electrons. The van der Waals surface area contributed by atoms with Gasteiger partial charge in [-0.2, -0.15) is 0 Å². The molecule has 17 heavy (non-hydrogen) atoms. The van der Waals surface area contributed by atoms with E-state index in [9.17, 15) is 4.79 Å². The van der Waals surface area contributed by atoms with E-state index in [2.05, 4.69) is 24.4 Å². The first-order chi connectivity index (χ1) is 8.15. The number of hydrogen-bond acceptors (Lipinski definition) is 3. The Morgan fingerprint density at radius 3 is 2.88 bits per heavy atom. The summed E-state index contributed by atoms with van der Waals surface area (Å²) in [6.07, 6.45) is 2.65. The molecule has 1 aliphatic rings. The third-order valence-electron chi connectivity index (χ3n) is 3.02. The topological polar surface area (TPSA) is 32.3 Å². The fourth-order valence-corrected chi connectivity index (χ4v) is 2.68. The van der Waals surface area contributed by atoms with Gasteiger partial charge in [0, 0.05) is 16.8 Å². The standard InChI is InChI=1S/C13H20N2OS/c1-10-3-6-12(17-10)9-15(2)13(16)8-14-7-11-4-5-11/h3,6,11,14H,4-5,7-9H2,1-2H3. The summed E-state index contributed by atoms with van der Waals surface area (Å²) in [6.45, 7) is 4.28. The molecule has 0 aromatic carbocycles. The van der Waals surface area contributed by atoms with Gasteiger partial charge in [-0.25, -0.2) is 0 Å². The maximum atomic E-state index is 11.8. The van der Waals surface area contributed by atoms with Gasteiger partial charge in [-0.1, -0.05) is 0 Å². The van der Waals surface area contributed by atoms with Crippen LogP contribution in [-0.4, -0.2) is 30.9 Å². The van der Waals surface area contributed by atoms with Crippen LogP contribution in [-0.2, 0) is 11.3 Å². The lowest BCUT2D eigenvalue weighted by atomic mass is 10.4. The van der Waals surface area contributed by atoms with E-state index in [-0.39, 0.29) is 5.91 Å². The fourth-order valence-electron chi connectivity index (χ4n) is 1.73. The number of rotatable bonds is 6. The minimum absolute atomic E-state index is 0.178. The van der Waals surface area contributed by atoms with Crippen molar-refractivity contribution >= 4 is 17.2 Å². The largest absolute Gasteiger partial charge is 0.340 e. The second-order valence-electron chi connectivity index (χ2n) is 4.84. The summed E-state index contributed by atoms with van der Waals surface area (Å²) in [6, 6.07) is 4.20. The van der Waals surface area contributed by atoms with Crippen LogP contribution in [0.5, 0.6) is 0 Å². The van der Waals surface area contributed by atoms with Crippen molar-refractivity contribution in [1.82, 2.24) is 10.2 Å². The molecule has 1 saturated carbocycles. The lowest BCUT2D eigenvalue weighted by molar-refractivity contribution is -0.129. The molecule has 0 bridgehead atoms. The first-order valence-corrected chi connectivity index (χ1v) is 6.97. The van der Waals surface area contributed by atoms with E-state index in [0.717, 1.165) is 19.0 Å². The van der Waals surface area contributed by atoms with Crippen LogP contribution in [0.2, 0.25) is 0 Å². The van der Waals surface area contributed by atoms with E-state index in [1.165, 1.54) is 22.6 Å². The van der Waals surface area contributed by atoms with E-state index in [1.54, 1.807) is 16.2 Å². The van der Waals surface area contributed by atoms with E-state index in [1.807, 2.05) is 7.05 Å². The average Bonchev–Trinajstić information content (AvgIpc) is 3.02. The number of thiophene rings is 1. The highest BCUT2D eigenvalue weighted by atomic mass is 32.1. The Hall–Kier alpha value is -0.870. The van der Waals surface area contributed by atoms with Gasteiger partial charge < -0.3 is 10.2 Å². The molecule has 0 unspecified atom stereocenters. The van der Waals surface area contributed by atoms with Crippen LogP contribution in [0.4, 0.5) is 0 Å². The Morgan fingerprint density at radius 2 is 2.29 bits per heavy atom. The minimum atomic E-state index is 0.178. The summed E-state index contributed by atoms with van der Waals surface area (Å²) in [5.41, 5.74) is 0. The van der Waals surface area contributed by atoms with Crippen LogP contribution >= 0.6 is 11.3 Å². The summed E-state index contributed by atoms with van der Waals surface area (Å²) in [4.78, 5) is 16.2. The molecule has 1 N–H and O–H groups in total. The van der Waals surface area contributed by atoms with Crippen molar-refractivity contribution in [3.05, 3.63) is 21.9 Å². The molecule has 0 radical (unpaired) electrons. The summed E-state index contributed by atoms with van der Waals surface area (Å²) in [5.74, 6) is 1.00. The summed E-state index contributed by atoms with van der Waals surface area (Å²) in [5, 5.41) is 3.23. The van der Waals surface area contributed by atoms with Gasteiger partial charge in [0.25, 0.3) is 0 Å². The first-order valence-electron chi connectivity index (χ1n) is 6.15. The Bertz CT molecular complexity index is 385. The molecule has 0 saturated heterocycles. The third-order valence-corrected chi connectivity index (χ3v) is 4.01. The molecule has 1 amide bonds. The molecule has 0 atom stereocenters. The Kier molecular flexibility index (Phi) is 4.18. The Balaban J connectivity index is 1.70. The van der Waals surface area contributed by atoms with Gasteiger partial charge in [0.05, 0.1) is 13.1 Å². The fraction of sp³-hybridized carbons (Fsp3) is 0.615.